The summed E-state index contributed by atoms with van der Waals surface area (Å²) < 4.78 is 29.5. The molecule has 10 nitrogen and oxygen atoms in total. The number of anilines is 2. The molecule has 38 heavy (non-hydrogen) atoms. The van der Waals surface area contributed by atoms with E-state index in [9.17, 15) is 13.2 Å². The minimum absolute atomic E-state index is 0.0233. The smallest absolute Gasteiger partial charge is 0.245 e. The number of thiazole rings is 1. The number of primary sulfonamides is 1. The molecule has 0 aliphatic carbocycles. The Morgan fingerprint density at radius 3 is 2.55 bits per heavy atom. The number of aliphatic imine (C=N–C) groups is 1. The van der Waals surface area contributed by atoms with Crippen molar-refractivity contribution >= 4 is 49.9 Å². The largest absolute Gasteiger partial charge is 0.489 e. The normalized spacial score (nSPS) is 19.0. The number of hydrogen-bond acceptors (Lipinski definition) is 9. The molecule has 12 heteroatoms. The second-order valence-corrected chi connectivity index (χ2v) is 12.6. The number of carbonyl (C=O) groups is 1. The summed E-state index contributed by atoms with van der Waals surface area (Å²) in [5.41, 5.74) is 2.00. The molecule has 1 fully saturated rings. The maximum absolute atomic E-state index is 12.8. The molecule has 4 rings (SSSR count). The van der Waals surface area contributed by atoms with Gasteiger partial charge in [-0.15, -0.1) is 11.3 Å². The lowest BCUT2D eigenvalue weighted by Crippen LogP contribution is -2.48. The highest BCUT2D eigenvalue weighted by molar-refractivity contribution is 7.89. The van der Waals surface area contributed by atoms with Crippen LogP contribution in [0.15, 0.2) is 39.5 Å². The van der Waals surface area contributed by atoms with Crippen LogP contribution in [0, 0.1) is 0 Å². The van der Waals surface area contributed by atoms with Gasteiger partial charge in [-0.05, 0) is 65.2 Å². The fraction of sp³-hybridized carbons (Fsp3) is 0.500. The fourth-order valence-corrected chi connectivity index (χ4v) is 5.72. The SMILES string of the molecule is CC(C)Oc1ccc(S(N)(=O)=O)cc1Nc1nc(C2=CCC(C(=O)NC3CCN(C(C)C)CC3)N=C2)cs1. The van der Waals surface area contributed by atoms with Crippen LogP contribution in [0.2, 0.25) is 0 Å². The van der Waals surface area contributed by atoms with E-state index in [-0.39, 0.29) is 22.9 Å². The average Bonchev–Trinajstić information content (AvgIpc) is 3.33. The zero-order valence-corrected chi connectivity index (χ0v) is 23.8. The number of allylic oxidation sites excluding steroid dienone is 1. The van der Waals surface area contributed by atoms with Crippen molar-refractivity contribution in [1.82, 2.24) is 15.2 Å². The highest BCUT2D eigenvalue weighted by Crippen LogP contribution is 2.33. The average molecular weight is 561 g/mol. The van der Waals surface area contributed by atoms with Crippen LogP contribution < -0.4 is 20.5 Å². The van der Waals surface area contributed by atoms with Crippen molar-refractivity contribution in [2.24, 2.45) is 10.1 Å². The predicted molar refractivity (Wildman–Crippen MR) is 152 cm³/mol. The van der Waals surface area contributed by atoms with Gasteiger partial charge in [0.15, 0.2) is 5.13 Å². The number of aromatic nitrogens is 1. The van der Waals surface area contributed by atoms with E-state index in [2.05, 4.69) is 39.4 Å². The molecule has 4 N–H and O–H groups in total. The van der Waals surface area contributed by atoms with Crippen molar-refractivity contribution in [3.8, 4) is 5.75 Å². The molecule has 2 aromatic rings. The molecule has 1 atom stereocenters. The van der Waals surface area contributed by atoms with Crippen molar-refractivity contribution < 1.29 is 17.9 Å². The van der Waals surface area contributed by atoms with Crippen LogP contribution in [0.3, 0.4) is 0 Å². The molecular weight excluding hydrogens is 524 g/mol. The van der Waals surface area contributed by atoms with Crippen LogP contribution in [0.4, 0.5) is 10.8 Å². The number of benzene rings is 1. The van der Waals surface area contributed by atoms with E-state index in [4.69, 9.17) is 9.88 Å². The molecule has 1 unspecified atom stereocenters. The lowest BCUT2D eigenvalue weighted by atomic mass is 10.0. The molecule has 1 aromatic carbocycles. The standard InChI is InChI=1S/C26H36N6O4S2/c1-16(2)32-11-9-19(10-12-32)29-25(33)21-7-5-18(14-28-21)23-15-37-26(31-23)30-22-13-20(38(27,34)35)6-8-24(22)36-17(3)4/h5-6,8,13-17,19,21H,7,9-12H2,1-4H3,(H,29,33)(H,30,31)(H2,27,34,35). The van der Waals surface area contributed by atoms with Crippen LogP contribution in [-0.4, -0.2) is 67.7 Å². The summed E-state index contributed by atoms with van der Waals surface area (Å²) >= 11 is 1.37. The summed E-state index contributed by atoms with van der Waals surface area (Å²) in [6, 6.07) is 4.71. The summed E-state index contributed by atoms with van der Waals surface area (Å²) in [4.78, 5) is 24.3. The number of hydrogen-bond donors (Lipinski definition) is 3. The second kappa shape index (κ2) is 11.9. The third-order valence-corrected chi connectivity index (χ3v) is 8.22. The number of sulfonamides is 1. The molecule has 0 saturated carbocycles. The Balaban J connectivity index is 1.38. The lowest BCUT2D eigenvalue weighted by Gasteiger charge is -2.35. The molecule has 1 aromatic heterocycles. The topological polar surface area (TPSA) is 139 Å². The number of amides is 1. The highest BCUT2D eigenvalue weighted by atomic mass is 32.2. The summed E-state index contributed by atoms with van der Waals surface area (Å²) in [5, 5.41) is 14.1. The van der Waals surface area contributed by atoms with E-state index in [1.807, 2.05) is 25.3 Å². The van der Waals surface area contributed by atoms with Gasteiger partial charge in [0.1, 0.15) is 11.8 Å². The summed E-state index contributed by atoms with van der Waals surface area (Å²) in [5.74, 6) is 0.457. The molecule has 0 spiro atoms. The van der Waals surface area contributed by atoms with Crippen LogP contribution >= 0.6 is 11.3 Å². The number of rotatable bonds is 9. The van der Waals surface area contributed by atoms with Gasteiger partial charge in [-0.25, -0.2) is 18.5 Å². The summed E-state index contributed by atoms with van der Waals surface area (Å²) in [6.45, 7) is 10.2. The number of carbonyl (C=O) groups excluding carboxylic acids is 1. The van der Waals surface area contributed by atoms with E-state index < -0.39 is 16.1 Å². The molecule has 1 saturated heterocycles. The van der Waals surface area contributed by atoms with Gasteiger partial charge < -0.3 is 20.3 Å². The molecule has 1 amide bonds. The van der Waals surface area contributed by atoms with E-state index in [0.29, 0.717) is 29.0 Å². The van der Waals surface area contributed by atoms with Crippen LogP contribution in [0.5, 0.6) is 5.75 Å². The van der Waals surface area contributed by atoms with Gasteiger partial charge in [0.2, 0.25) is 15.9 Å². The van der Waals surface area contributed by atoms with Gasteiger partial charge in [0, 0.05) is 42.3 Å². The highest BCUT2D eigenvalue weighted by Gasteiger charge is 2.26. The number of piperidine rings is 1. The van der Waals surface area contributed by atoms with Crippen molar-refractivity contribution in [2.75, 3.05) is 18.4 Å². The summed E-state index contributed by atoms with van der Waals surface area (Å²) in [7, 11) is -3.88. The Hall–Kier alpha value is -2.80. The van der Waals surface area contributed by atoms with Crippen LogP contribution in [-0.2, 0) is 14.8 Å². The fourth-order valence-electron chi connectivity index (χ4n) is 4.44. The van der Waals surface area contributed by atoms with Crippen molar-refractivity contribution in [2.45, 2.75) is 76.1 Å². The predicted octanol–water partition coefficient (Wildman–Crippen LogP) is 3.54. The van der Waals surface area contributed by atoms with Gasteiger partial charge in [-0.2, -0.15) is 0 Å². The first-order valence-corrected chi connectivity index (χ1v) is 15.3. The number of nitrogens with one attached hydrogen (secondary N) is 2. The first kappa shape index (κ1) is 28.2. The zero-order valence-electron chi connectivity index (χ0n) is 22.2. The van der Waals surface area contributed by atoms with Gasteiger partial charge in [0.25, 0.3) is 0 Å². The van der Waals surface area contributed by atoms with Crippen LogP contribution in [0.25, 0.3) is 5.57 Å². The number of nitrogens with two attached hydrogens (primary N) is 1. The Morgan fingerprint density at radius 1 is 1.21 bits per heavy atom. The Kier molecular flexibility index (Phi) is 8.86. The molecule has 0 bridgehead atoms. The maximum Gasteiger partial charge on any atom is 0.245 e. The minimum Gasteiger partial charge on any atom is -0.489 e. The number of nitrogens with zero attached hydrogens (tertiary/aromatic N) is 3. The Labute approximate surface area is 228 Å². The molecule has 206 valence electrons. The van der Waals surface area contributed by atoms with Gasteiger partial charge in [-0.1, -0.05) is 6.08 Å². The van der Waals surface area contributed by atoms with E-state index in [1.54, 1.807) is 12.3 Å². The minimum atomic E-state index is -3.88. The van der Waals surface area contributed by atoms with E-state index in [0.717, 1.165) is 37.2 Å². The lowest BCUT2D eigenvalue weighted by molar-refractivity contribution is -0.123. The summed E-state index contributed by atoms with van der Waals surface area (Å²) in [6.07, 6.45) is 5.99. The second-order valence-electron chi connectivity index (χ2n) is 10.1. The molecular formula is C26H36N6O4S2. The van der Waals surface area contributed by atoms with E-state index >= 15 is 0 Å². The monoisotopic (exact) mass is 560 g/mol. The van der Waals surface area contributed by atoms with Gasteiger partial charge >= 0.3 is 0 Å². The maximum atomic E-state index is 12.8. The number of ether oxygens (including phenoxy) is 1. The first-order chi connectivity index (χ1) is 18.0. The Bertz CT molecular complexity index is 1310. The Morgan fingerprint density at radius 2 is 1.95 bits per heavy atom. The first-order valence-electron chi connectivity index (χ1n) is 12.8. The third kappa shape index (κ3) is 7.19. The van der Waals surface area contributed by atoms with Crippen molar-refractivity contribution in [1.29, 1.82) is 0 Å². The van der Waals surface area contributed by atoms with E-state index in [1.165, 1.54) is 23.5 Å². The van der Waals surface area contributed by atoms with Gasteiger partial charge in [-0.3, -0.25) is 9.79 Å². The molecule has 0 radical (unpaired) electrons. The molecule has 2 aliphatic rings. The van der Waals surface area contributed by atoms with Gasteiger partial charge in [0.05, 0.1) is 22.4 Å². The third-order valence-electron chi connectivity index (χ3n) is 6.55. The van der Waals surface area contributed by atoms with Crippen molar-refractivity contribution in [3.05, 3.63) is 35.3 Å². The number of likely N-dealkylation sites (tertiary alicyclic amines) is 1. The quantitative estimate of drug-likeness (QED) is 0.426. The zero-order chi connectivity index (χ0) is 27.4. The molecule has 2 aliphatic heterocycles. The number of dihydropyridines is 1. The molecule has 3 heterocycles. The van der Waals surface area contributed by atoms with Crippen molar-refractivity contribution in [3.63, 3.8) is 0 Å². The van der Waals surface area contributed by atoms with Crippen LogP contribution in [0.1, 0.15) is 52.7 Å².